The van der Waals surface area contributed by atoms with E-state index in [0.29, 0.717) is 11.1 Å². The van der Waals surface area contributed by atoms with Gasteiger partial charge in [-0.2, -0.15) is 0 Å². The van der Waals surface area contributed by atoms with Gasteiger partial charge in [0, 0.05) is 40.0 Å². The Kier molecular flexibility index (Phi) is 9.90. The van der Waals surface area contributed by atoms with E-state index >= 15 is 0 Å². The van der Waals surface area contributed by atoms with E-state index in [1.807, 2.05) is 48.5 Å². The fourth-order valence-corrected chi connectivity index (χ4v) is 4.34. The van der Waals surface area contributed by atoms with Gasteiger partial charge in [-0.1, -0.05) is 24.3 Å². The van der Waals surface area contributed by atoms with Crippen LogP contribution in [0.15, 0.2) is 129 Å². The van der Waals surface area contributed by atoms with Crippen LogP contribution in [0.1, 0.15) is 31.8 Å². The Bertz CT molecular complexity index is 1830. The molecule has 0 aliphatic carbocycles. The van der Waals surface area contributed by atoms with Gasteiger partial charge in [0.1, 0.15) is 0 Å². The molecule has 5 rings (SSSR count). The lowest BCUT2D eigenvalue weighted by atomic mass is 10.1. The minimum atomic E-state index is -0.877. The van der Waals surface area contributed by atoms with Crippen LogP contribution in [-0.2, 0) is 0 Å². The van der Waals surface area contributed by atoms with Crippen LogP contribution >= 0.6 is 25.3 Å². The van der Waals surface area contributed by atoms with E-state index in [9.17, 15) is 19.7 Å². The van der Waals surface area contributed by atoms with Gasteiger partial charge < -0.3 is 15.2 Å². The average Bonchev–Trinajstić information content (AvgIpc) is 3.04. The molecule has 12 heteroatoms. The molecule has 0 aliphatic heterocycles. The van der Waals surface area contributed by atoms with Crippen molar-refractivity contribution in [3.8, 4) is 11.5 Å². The molecule has 0 spiro atoms. The molecule has 0 saturated carbocycles. The highest BCUT2D eigenvalue weighted by atomic mass is 32.1. The number of nitrogen functional groups attached to an aromatic ring is 1. The zero-order valence-electron chi connectivity index (χ0n) is 23.8. The summed E-state index contributed by atoms with van der Waals surface area (Å²) < 4.78 is 10.7. The van der Waals surface area contributed by atoms with Gasteiger partial charge >= 0.3 is 17.6 Å². The van der Waals surface area contributed by atoms with Gasteiger partial charge in [-0.25, -0.2) is 9.59 Å². The quantitative estimate of drug-likeness (QED) is 0.0282. The first-order valence-electron chi connectivity index (χ1n) is 13.5. The van der Waals surface area contributed by atoms with Crippen LogP contribution < -0.4 is 15.2 Å². The molecular formula is C34H24N4O6S2. The number of benzene rings is 5. The first-order valence-corrected chi connectivity index (χ1v) is 14.4. The van der Waals surface area contributed by atoms with Crippen molar-refractivity contribution in [1.82, 2.24) is 0 Å². The van der Waals surface area contributed by atoms with E-state index < -0.39 is 34.0 Å². The van der Waals surface area contributed by atoms with Crippen LogP contribution in [0.4, 0.5) is 22.7 Å². The van der Waals surface area contributed by atoms with Gasteiger partial charge in [-0.3, -0.25) is 20.1 Å². The number of esters is 2. The largest absolute Gasteiger partial charge is 0.415 e. The molecule has 0 amide bonds. The Balaban J connectivity index is 1.29. The molecule has 10 nitrogen and oxygen atoms in total. The third kappa shape index (κ3) is 8.25. The number of thiol groups is 2. The molecule has 0 bridgehead atoms. The highest BCUT2D eigenvalue weighted by Gasteiger charge is 2.28. The standard InChI is InChI=1S/C34H24N4O6S2/c35-25-17-30(43-33(39)23-5-1-21(2-6-23)19-36-26-9-13-28(45)14-10-26)32(38(41)42)31(18-25)44-34(40)24-7-3-22(4-8-24)20-37-27-11-15-29(46)16-12-27/h1-20,45-46H,35H2. The Hall–Kier alpha value is -5.72. The Morgan fingerprint density at radius 2 is 1.02 bits per heavy atom. The molecule has 0 aromatic heterocycles. The molecular weight excluding hydrogens is 625 g/mol. The fraction of sp³-hybridized carbons (Fsp3) is 0. The molecule has 0 radical (unpaired) electrons. The van der Waals surface area contributed by atoms with Gasteiger partial charge in [-0.15, -0.1) is 25.3 Å². The molecule has 5 aromatic carbocycles. The molecule has 46 heavy (non-hydrogen) atoms. The van der Waals surface area contributed by atoms with Crippen LogP contribution in [0.3, 0.4) is 0 Å². The summed E-state index contributed by atoms with van der Waals surface area (Å²) in [6.07, 6.45) is 3.24. The van der Waals surface area contributed by atoms with Crippen LogP contribution in [0.5, 0.6) is 11.5 Å². The van der Waals surface area contributed by atoms with Crippen LogP contribution in [-0.4, -0.2) is 29.3 Å². The third-order valence-electron chi connectivity index (χ3n) is 6.37. The van der Waals surface area contributed by atoms with Gasteiger partial charge in [0.2, 0.25) is 11.5 Å². The van der Waals surface area contributed by atoms with E-state index in [1.165, 1.54) is 24.3 Å². The molecule has 0 saturated heterocycles. The van der Waals surface area contributed by atoms with E-state index in [1.54, 1.807) is 36.7 Å². The van der Waals surface area contributed by atoms with Crippen molar-refractivity contribution in [2.45, 2.75) is 9.79 Å². The van der Waals surface area contributed by atoms with Gasteiger partial charge in [-0.05, 0) is 83.9 Å². The molecule has 0 atom stereocenters. The predicted octanol–water partition coefficient (Wildman–Crippen LogP) is 7.69. The number of rotatable bonds is 9. The van der Waals surface area contributed by atoms with E-state index in [4.69, 9.17) is 15.2 Å². The summed E-state index contributed by atoms with van der Waals surface area (Å²) in [6, 6.07) is 29.3. The Morgan fingerprint density at radius 1 is 0.652 bits per heavy atom. The lowest BCUT2D eigenvalue weighted by molar-refractivity contribution is -0.386. The third-order valence-corrected chi connectivity index (χ3v) is 6.96. The number of anilines is 1. The number of hydrogen-bond acceptors (Lipinski definition) is 11. The maximum absolute atomic E-state index is 12.9. The van der Waals surface area contributed by atoms with Crippen molar-refractivity contribution in [2.75, 3.05) is 5.73 Å². The second kappa shape index (κ2) is 14.4. The fourth-order valence-electron chi connectivity index (χ4n) is 4.04. The van der Waals surface area contributed by atoms with E-state index in [0.717, 1.165) is 33.3 Å². The van der Waals surface area contributed by atoms with Crippen molar-refractivity contribution in [3.63, 3.8) is 0 Å². The molecule has 5 aromatic rings. The summed E-state index contributed by atoms with van der Waals surface area (Å²) in [4.78, 5) is 47.4. The van der Waals surface area contributed by atoms with Crippen LogP contribution in [0, 0.1) is 10.1 Å². The number of carbonyl (C=O) groups is 2. The highest BCUT2D eigenvalue weighted by Crippen LogP contribution is 2.40. The van der Waals surface area contributed by atoms with Crippen LogP contribution in [0.25, 0.3) is 0 Å². The topological polar surface area (TPSA) is 146 Å². The van der Waals surface area contributed by atoms with Crippen molar-refractivity contribution in [1.29, 1.82) is 0 Å². The average molecular weight is 649 g/mol. The maximum Gasteiger partial charge on any atom is 0.354 e. The highest BCUT2D eigenvalue weighted by molar-refractivity contribution is 7.80. The molecule has 228 valence electrons. The first-order chi connectivity index (χ1) is 22.1. The number of hydrogen-bond donors (Lipinski definition) is 3. The summed E-state index contributed by atoms with van der Waals surface area (Å²) >= 11 is 8.49. The lowest BCUT2D eigenvalue weighted by Crippen LogP contribution is -2.13. The number of carbonyl (C=O) groups excluding carboxylic acids is 2. The first kappa shape index (κ1) is 31.7. The van der Waals surface area contributed by atoms with Crippen molar-refractivity contribution in [2.24, 2.45) is 9.98 Å². The van der Waals surface area contributed by atoms with E-state index in [-0.39, 0.29) is 16.8 Å². The molecule has 0 heterocycles. The number of nitro benzene ring substituents is 1. The lowest BCUT2D eigenvalue weighted by Gasteiger charge is -2.11. The summed E-state index contributed by atoms with van der Waals surface area (Å²) in [7, 11) is 0. The molecule has 0 unspecified atom stereocenters. The van der Waals surface area contributed by atoms with Gasteiger partial charge in [0.15, 0.2) is 0 Å². The summed E-state index contributed by atoms with van der Waals surface area (Å²) in [5, 5.41) is 12.0. The number of nitrogens with zero attached hydrogens (tertiary/aromatic N) is 3. The van der Waals surface area contributed by atoms with Crippen molar-refractivity contribution >= 4 is 72.4 Å². The summed E-state index contributed by atoms with van der Waals surface area (Å²) in [5.41, 5.74) is 8.29. The Morgan fingerprint density at radius 3 is 1.37 bits per heavy atom. The number of aliphatic imine (C=N–C) groups is 2. The Labute approximate surface area is 274 Å². The SMILES string of the molecule is Nc1cc(OC(=O)c2ccc(C=Nc3ccc(S)cc3)cc2)c([N+](=O)[O-])c(OC(=O)c2ccc(C=Nc3ccc(S)cc3)cc2)c1. The zero-order valence-corrected chi connectivity index (χ0v) is 25.6. The number of ether oxygens (including phenoxy) is 2. The minimum Gasteiger partial charge on any atom is -0.415 e. The monoisotopic (exact) mass is 648 g/mol. The number of nitrogens with two attached hydrogens (primary N) is 1. The molecule has 0 aliphatic rings. The second-order valence-corrected chi connectivity index (χ2v) is 10.7. The van der Waals surface area contributed by atoms with Crippen LogP contribution in [0.2, 0.25) is 0 Å². The van der Waals surface area contributed by atoms with Gasteiger partial charge in [0.25, 0.3) is 0 Å². The second-order valence-electron chi connectivity index (χ2n) is 9.70. The zero-order chi connectivity index (χ0) is 32.6. The minimum absolute atomic E-state index is 0.0220. The van der Waals surface area contributed by atoms with E-state index in [2.05, 4.69) is 35.2 Å². The molecule has 2 N–H and O–H groups in total. The maximum atomic E-state index is 12.9. The summed E-state index contributed by atoms with van der Waals surface area (Å²) in [5.74, 6) is -2.71. The molecule has 0 fully saturated rings. The summed E-state index contributed by atoms with van der Waals surface area (Å²) in [6.45, 7) is 0. The normalized spacial score (nSPS) is 11.1. The van der Waals surface area contributed by atoms with Crippen molar-refractivity contribution in [3.05, 3.63) is 142 Å². The number of nitro groups is 1. The predicted molar refractivity (Wildman–Crippen MR) is 182 cm³/mol. The van der Waals surface area contributed by atoms with Gasteiger partial charge in [0.05, 0.1) is 27.4 Å². The van der Waals surface area contributed by atoms with Crippen molar-refractivity contribution < 1.29 is 24.0 Å². The smallest absolute Gasteiger partial charge is 0.354 e.